The number of fused-ring (bicyclic) bond motifs is 1. The van der Waals surface area contributed by atoms with Gasteiger partial charge < -0.3 is 20.1 Å². The van der Waals surface area contributed by atoms with Crippen molar-refractivity contribution in [2.75, 3.05) is 12.4 Å². The van der Waals surface area contributed by atoms with Gasteiger partial charge in [0.05, 0.1) is 11.0 Å². The van der Waals surface area contributed by atoms with Crippen LogP contribution in [0.5, 0.6) is 0 Å². The van der Waals surface area contributed by atoms with E-state index in [2.05, 4.69) is 25.5 Å². The second kappa shape index (κ2) is 5.25. The average Bonchev–Trinajstić information content (AvgIpc) is 2.75. The number of azo groups is 1. The van der Waals surface area contributed by atoms with Gasteiger partial charge in [-0.2, -0.15) is 10.2 Å². The van der Waals surface area contributed by atoms with Crippen LogP contribution in [0, 0.1) is 0 Å². The first-order chi connectivity index (χ1) is 9.13. The van der Waals surface area contributed by atoms with Gasteiger partial charge >= 0.3 is 5.69 Å². The Labute approximate surface area is 106 Å². The highest BCUT2D eigenvalue weighted by molar-refractivity contribution is 6.04. The molecule has 19 heavy (non-hydrogen) atoms. The molecule has 2 rings (SSSR count). The van der Waals surface area contributed by atoms with Crippen LogP contribution >= 0.6 is 0 Å². The van der Waals surface area contributed by atoms with Crippen molar-refractivity contribution in [1.82, 2.24) is 9.97 Å². The van der Waals surface area contributed by atoms with Gasteiger partial charge in [-0.3, -0.25) is 4.79 Å². The van der Waals surface area contributed by atoms with Gasteiger partial charge in [0, 0.05) is 12.7 Å². The third-order valence-electron chi connectivity index (χ3n) is 2.42. The maximum absolute atomic E-state index is 11.7. The predicted molar refractivity (Wildman–Crippen MR) is 68.2 cm³/mol. The monoisotopic (exact) mass is 261 g/mol. The number of anilines is 1. The van der Waals surface area contributed by atoms with Crippen molar-refractivity contribution in [3.05, 3.63) is 28.7 Å². The molecule has 1 amide bonds. The first-order valence-electron chi connectivity index (χ1n) is 5.41. The van der Waals surface area contributed by atoms with Gasteiger partial charge in [-0.15, -0.1) is 0 Å². The molecule has 8 heteroatoms. The minimum absolute atomic E-state index is 0.330. The lowest BCUT2D eigenvalue weighted by Crippen LogP contribution is -2.27. The van der Waals surface area contributed by atoms with Gasteiger partial charge in [0.2, 0.25) is 6.04 Å². The molecule has 0 aliphatic carbocycles. The second-order valence-corrected chi connectivity index (χ2v) is 3.73. The molecule has 0 spiro atoms. The molecule has 0 saturated carbocycles. The molecule has 0 saturated heterocycles. The summed E-state index contributed by atoms with van der Waals surface area (Å²) >= 11 is 0. The molecular formula is C11H11N5O3. The third kappa shape index (κ3) is 2.73. The average molecular weight is 261 g/mol. The smallest absolute Gasteiger partial charge is 0.323 e. The Morgan fingerprint density at radius 2 is 2.11 bits per heavy atom. The molecule has 1 heterocycles. The van der Waals surface area contributed by atoms with Crippen molar-refractivity contribution >= 4 is 28.9 Å². The molecule has 0 aliphatic heterocycles. The van der Waals surface area contributed by atoms with Crippen molar-refractivity contribution in [2.24, 2.45) is 10.2 Å². The first-order valence-corrected chi connectivity index (χ1v) is 5.41. The van der Waals surface area contributed by atoms with Gasteiger partial charge in [0.15, 0.2) is 6.29 Å². The van der Waals surface area contributed by atoms with Crippen molar-refractivity contribution in [3.8, 4) is 0 Å². The maximum atomic E-state index is 11.7. The number of hydrogen-bond donors (Lipinski definition) is 3. The highest BCUT2D eigenvalue weighted by atomic mass is 16.2. The fraction of sp³-hybridized carbons (Fsp3) is 0.182. The van der Waals surface area contributed by atoms with Crippen LogP contribution in [0.2, 0.25) is 0 Å². The van der Waals surface area contributed by atoms with E-state index < -0.39 is 11.9 Å². The molecule has 1 unspecified atom stereocenters. The number of hydrogen-bond acceptors (Lipinski definition) is 5. The van der Waals surface area contributed by atoms with E-state index in [9.17, 15) is 14.4 Å². The summed E-state index contributed by atoms with van der Waals surface area (Å²) in [5.74, 6) is -0.585. The zero-order valence-corrected chi connectivity index (χ0v) is 10.0. The summed E-state index contributed by atoms with van der Waals surface area (Å²) in [6.07, 6.45) is 0.402. The van der Waals surface area contributed by atoms with Gasteiger partial charge in [0.25, 0.3) is 5.91 Å². The number of nitrogens with zero attached hydrogens (tertiary/aromatic N) is 2. The Kier molecular flexibility index (Phi) is 3.51. The molecule has 2 aromatic rings. The zero-order valence-electron chi connectivity index (χ0n) is 10.0. The highest BCUT2D eigenvalue weighted by Gasteiger charge is 2.16. The van der Waals surface area contributed by atoms with Crippen molar-refractivity contribution in [2.45, 2.75) is 6.04 Å². The van der Waals surface area contributed by atoms with E-state index >= 15 is 0 Å². The van der Waals surface area contributed by atoms with E-state index in [4.69, 9.17) is 0 Å². The number of nitrogens with one attached hydrogen (secondary N) is 3. The van der Waals surface area contributed by atoms with Gasteiger partial charge in [-0.1, -0.05) is 0 Å². The maximum Gasteiger partial charge on any atom is 0.323 e. The van der Waals surface area contributed by atoms with Crippen LogP contribution < -0.4 is 11.0 Å². The largest absolute Gasteiger partial charge is 0.324 e. The van der Waals surface area contributed by atoms with E-state index in [0.29, 0.717) is 23.0 Å². The Bertz CT molecular complexity index is 700. The van der Waals surface area contributed by atoms with E-state index in [1.165, 1.54) is 7.05 Å². The summed E-state index contributed by atoms with van der Waals surface area (Å²) in [6.45, 7) is 0. The lowest BCUT2D eigenvalue weighted by Gasteiger charge is -2.06. The molecule has 0 radical (unpaired) electrons. The molecule has 0 bridgehead atoms. The summed E-state index contributed by atoms with van der Waals surface area (Å²) < 4.78 is 0. The zero-order chi connectivity index (χ0) is 13.8. The van der Waals surface area contributed by atoms with E-state index in [1.54, 1.807) is 18.2 Å². The SMILES string of the molecule is C/N=N/C(C=O)C(=O)Nc1ccc2[nH]c(=O)[nH]c2c1. The number of aromatic nitrogens is 2. The lowest BCUT2D eigenvalue weighted by molar-refractivity contribution is -0.121. The van der Waals surface area contributed by atoms with Crippen molar-refractivity contribution < 1.29 is 9.59 Å². The Morgan fingerprint density at radius 1 is 1.37 bits per heavy atom. The van der Waals surface area contributed by atoms with Gasteiger partial charge in [-0.25, -0.2) is 4.79 Å². The second-order valence-electron chi connectivity index (χ2n) is 3.73. The summed E-state index contributed by atoms with van der Waals surface area (Å²) in [6, 6.07) is 3.65. The molecule has 8 nitrogen and oxygen atoms in total. The number of rotatable bonds is 4. The standard InChI is InChI=1S/C11H11N5O3/c1-12-16-9(5-17)10(18)13-6-2-3-7-8(4-6)15-11(19)14-7/h2-5,9H,1H3,(H,13,18)(H2,14,15,19)/b16-12+. The minimum atomic E-state index is -1.18. The molecule has 3 N–H and O–H groups in total. The Hall–Kier alpha value is -2.77. The lowest BCUT2D eigenvalue weighted by atomic mass is 10.2. The first kappa shape index (κ1) is 12.7. The quantitative estimate of drug-likeness (QED) is 0.421. The van der Waals surface area contributed by atoms with Crippen molar-refractivity contribution in [1.29, 1.82) is 0 Å². The summed E-state index contributed by atoms with van der Waals surface area (Å²) in [7, 11) is 1.38. The highest BCUT2D eigenvalue weighted by Crippen LogP contribution is 2.14. The fourth-order valence-electron chi connectivity index (χ4n) is 1.59. The van der Waals surface area contributed by atoms with E-state index in [-0.39, 0.29) is 5.69 Å². The molecular weight excluding hydrogens is 250 g/mol. The van der Waals surface area contributed by atoms with Crippen LogP contribution in [-0.4, -0.2) is 35.3 Å². The van der Waals surface area contributed by atoms with Gasteiger partial charge in [0.1, 0.15) is 0 Å². The number of H-pyrrole nitrogens is 2. The molecule has 1 aromatic heterocycles. The Balaban J connectivity index is 2.23. The normalized spacial score (nSPS) is 12.7. The molecule has 1 atom stereocenters. The number of aldehydes is 1. The predicted octanol–water partition coefficient (Wildman–Crippen LogP) is 0.444. The van der Waals surface area contributed by atoms with Crippen LogP contribution in [0.3, 0.4) is 0 Å². The minimum Gasteiger partial charge on any atom is -0.324 e. The number of carbonyl (C=O) groups is 2. The van der Waals surface area contributed by atoms with Gasteiger partial charge in [-0.05, 0) is 18.2 Å². The van der Waals surface area contributed by atoms with Crippen molar-refractivity contribution in [3.63, 3.8) is 0 Å². The topological polar surface area (TPSA) is 120 Å². The molecule has 0 aliphatic rings. The number of benzene rings is 1. The molecule has 98 valence electrons. The van der Waals surface area contributed by atoms with Crippen LogP contribution in [0.15, 0.2) is 33.2 Å². The number of amides is 1. The third-order valence-corrected chi connectivity index (χ3v) is 2.42. The van der Waals surface area contributed by atoms with Crippen LogP contribution in [0.4, 0.5) is 5.69 Å². The summed E-state index contributed by atoms with van der Waals surface area (Å²) in [5, 5.41) is 9.41. The summed E-state index contributed by atoms with van der Waals surface area (Å²) in [5.41, 5.74) is 1.31. The fourth-order valence-corrected chi connectivity index (χ4v) is 1.59. The number of carbonyl (C=O) groups excluding carboxylic acids is 2. The Morgan fingerprint density at radius 3 is 2.79 bits per heavy atom. The van der Waals surface area contributed by atoms with Crippen LogP contribution in [0.25, 0.3) is 11.0 Å². The molecule has 0 fully saturated rings. The summed E-state index contributed by atoms with van der Waals surface area (Å²) in [4.78, 5) is 38.6. The number of imidazole rings is 1. The van der Waals surface area contributed by atoms with E-state index in [1.807, 2.05) is 0 Å². The van der Waals surface area contributed by atoms with Crippen LogP contribution in [0.1, 0.15) is 0 Å². The van der Waals surface area contributed by atoms with Crippen LogP contribution in [-0.2, 0) is 9.59 Å². The van der Waals surface area contributed by atoms with E-state index in [0.717, 1.165) is 0 Å². The molecule has 1 aromatic carbocycles. The number of aromatic amines is 2.